The Hall–Kier alpha value is -9.70. The SMILES string of the molecule is Cc1ccc(-c2ccc(N(c3ccccc3)c3ccc(-c4ccc(N(c5ccccc5)c5ccc(-c6ccc(N(C7=CCCC=C7)c7ccccc7)cc6)cc5)cc4)cc3)cc2)cc1.c1ccc(Cc2ccccc2)cc1. The van der Waals surface area contributed by atoms with E-state index in [1.807, 2.05) is 0 Å². The van der Waals surface area contributed by atoms with E-state index >= 15 is 0 Å². The predicted molar refractivity (Wildman–Crippen MR) is 328 cm³/mol. The molecule has 3 nitrogen and oxygen atoms in total. The maximum Gasteiger partial charge on any atom is 0.0462 e. The molecule has 0 N–H and O–H groups in total. The average Bonchev–Trinajstić information content (AvgIpc) is 3.51. The number of para-hydroxylation sites is 3. The molecule has 0 atom stereocenters. The first kappa shape index (κ1) is 49.5. The van der Waals surface area contributed by atoms with Crippen LogP contribution in [0.1, 0.15) is 29.5 Å². The average molecular weight is 992 g/mol. The highest BCUT2D eigenvalue weighted by atomic mass is 15.2. The molecular weight excluding hydrogens is 931 g/mol. The summed E-state index contributed by atoms with van der Waals surface area (Å²) in [6, 6.07) is 106. The maximum absolute atomic E-state index is 2.34. The van der Waals surface area contributed by atoms with Gasteiger partial charge in [0.15, 0.2) is 0 Å². The highest BCUT2D eigenvalue weighted by molar-refractivity contribution is 5.83. The minimum atomic E-state index is 1.03. The van der Waals surface area contributed by atoms with Gasteiger partial charge in [0.25, 0.3) is 0 Å². The number of rotatable bonds is 14. The molecule has 0 radical (unpaired) electrons. The third kappa shape index (κ3) is 12.1. The van der Waals surface area contributed by atoms with E-state index in [-0.39, 0.29) is 0 Å². The van der Waals surface area contributed by atoms with Gasteiger partial charge < -0.3 is 14.7 Å². The van der Waals surface area contributed by atoms with Gasteiger partial charge in [-0.05, 0) is 174 Å². The van der Waals surface area contributed by atoms with Crippen molar-refractivity contribution in [3.63, 3.8) is 0 Å². The molecule has 0 fully saturated rings. The van der Waals surface area contributed by atoms with Crippen LogP contribution in [0.5, 0.6) is 0 Å². The fourth-order valence-electron chi connectivity index (χ4n) is 10.0. The van der Waals surface area contributed by atoms with Crippen molar-refractivity contribution in [3.8, 4) is 33.4 Å². The molecule has 77 heavy (non-hydrogen) atoms. The Balaban J connectivity index is 0.000000423. The number of anilines is 8. The lowest BCUT2D eigenvalue weighted by Gasteiger charge is -2.28. The Bertz CT molecular complexity index is 3600. The Kier molecular flexibility index (Phi) is 15.5. The standard InChI is InChI=1S/C61H49N3.C13H12/c1-46-22-24-47(25-23-46)48-26-38-58(39-27-48)63(55-18-10-4-11-19-55)59-42-32-51(33-43-59)52-34-44-61(45-35-52)64(56-20-12-5-13-21-56)60-40-30-50(31-41-60)49-28-36-57(37-29-49)62(53-14-6-2-7-15-53)54-16-8-3-9-17-54;1-3-7-12(8-4-1)11-13-9-5-2-6-10-13/h2,4-8,10-45H,3,9H2,1H3;1-10H,11H2. The van der Waals surface area contributed by atoms with Crippen molar-refractivity contribution in [2.75, 3.05) is 14.7 Å². The summed E-state index contributed by atoms with van der Waals surface area (Å²) in [4.78, 5) is 6.98. The minimum Gasteiger partial charge on any atom is -0.311 e. The van der Waals surface area contributed by atoms with E-state index in [2.05, 4.69) is 337 Å². The first-order valence-corrected chi connectivity index (χ1v) is 26.7. The molecule has 0 bridgehead atoms. The predicted octanol–water partition coefficient (Wildman–Crippen LogP) is 20.6. The third-order valence-corrected chi connectivity index (χ3v) is 14.0. The molecule has 0 saturated carbocycles. The number of aryl methyl sites for hydroxylation is 1. The van der Waals surface area contributed by atoms with Gasteiger partial charge in [0, 0.05) is 51.2 Å². The minimum absolute atomic E-state index is 1.03. The van der Waals surface area contributed by atoms with Crippen LogP contribution in [0.2, 0.25) is 0 Å². The fourth-order valence-corrected chi connectivity index (χ4v) is 10.0. The summed E-state index contributed by atoms with van der Waals surface area (Å²) >= 11 is 0. The second-order valence-corrected chi connectivity index (χ2v) is 19.4. The lowest BCUT2D eigenvalue weighted by atomic mass is 10.0. The van der Waals surface area contributed by atoms with Crippen molar-refractivity contribution < 1.29 is 0 Å². The Morgan fingerprint density at radius 3 is 0.818 bits per heavy atom. The summed E-state index contributed by atoms with van der Waals surface area (Å²) in [5, 5.41) is 0. The molecule has 0 heterocycles. The molecule has 12 rings (SSSR count). The second-order valence-electron chi connectivity index (χ2n) is 19.4. The van der Waals surface area contributed by atoms with Gasteiger partial charge in [-0.1, -0.05) is 218 Å². The van der Waals surface area contributed by atoms with Crippen LogP contribution in [0, 0.1) is 6.92 Å². The van der Waals surface area contributed by atoms with Crippen molar-refractivity contribution in [2.45, 2.75) is 26.2 Å². The first-order chi connectivity index (χ1) is 38.1. The van der Waals surface area contributed by atoms with Crippen LogP contribution in [0.3, 0.4) is 0 Å². The van der Waals surface area contributed by atoms with E-state index in [0.29, 0.717) is 0 Å². The number of hydrogen-bond donors (Lipinski definition) is 0. The van der Waals surface area contributed by atoms with Crippen molar-refractivity contribution in [1.29, 1.82) is 0 Å². The molecule has 372 valence electrons. The highest BCUT2D eigenvalue weighted by Crippen LogP contribution is 2.40. The van der Waals surface area contributed by atoms with Crippen LogP contribution in [-0.4, -0.2) is 0 Å². The van der Waals surface area contributed by atoms with Crippen LogP contribution in [0.4, 0.5) is 45.5 Å². The summed E-state index contributed by atoms with van der Waals surface area (Å²) in [7, 11) is 0. The summed E-state index contributed by atoms with van der Waals surface area (Å²) in [6.07, 6.45) is 10.0. The zero-order valence-corrected chi connectivity index (χ0v) is 43.5. The Morgan fingerprint density at radius 2 is 0.519 bits per heavy atom. The van der Waals surface area contributed by atoms with Gasteiger partial charge in [0.05, 0.1) is 0 Å². The van der Waals surface area contributed by atoms with Gasteiger partial charge in [0.2, 0.25) is 0 Å². The largest absolute Gasteiger partial charge is 0.311 e. The van der Waals surface area contributed by atoms with E-state index in [1.54, 1.807) is 0 Å². The van der Waals surface area contributed by atoms with Crippen LogP contribution in [0.25, 0.3) is 33.4 Å². The quantitative estimate of drug-likeness (QED) is 0.107. The lowest BCUT2D eigenvalue weighted by molar-refractivity contribution is 0.997. The van der Waals surface area contributed by atoms with Crippen LogP contribution < -0.4 is 14.7 Å². The van der Waals surface area contributed by atoms with Gasteiger partial charge in [0.1, 0.15) is 0 Å². The summed E-state index contributed by atoms with van der Waals surface area (Å²) in [5.74, 6) is 0. The number of benzene rings is 11. The molecule has 0 aliphatic heterocycles. The fraction of sp³-hybridized carbons (Fsp3) is 0.0541. The molecule has 1 aliphatic carbocycles. The number of allylic oxidation sites excluding steroid dienone is 3. The van der Waals surface area contributed by atoms with Crippen molar-refractivity contribution in [3.05, 3.63) is 338 Å². The smallest absolute Gasteiger partial charge is 0.0462 e. The molecule has 0 saturated heterocycles. The monoisotopic (exact) mass is 991 g/mol. The molecular formula is C74H61N3. The Labute approximate surface area is 455 Å². The molecule has 0 spiro atoms. The van der Waals surface area contributed by atoms with Gasteiger partial charge in [-0.25, -0.2) is 0 Å². The number of nitrogens with zero attached hydrogens (tertiary/aromatic N) is 3. The van der Waals surface area contributed by atoms with E-state index in [9.17, 15) is 0 Å². The van der Waals surface area contributed by atoms with E-state index in [0.717, 1.165) is 70.3 Å². The van der Waals surface area contributed by atoms with Gasteiger partial charge in [-0.2, -0.15) is 0 Å². The normalized spacial score (nSPS) is 11.7. The Morgan fingerprint density at radius 1 is 0.260 bits per heavy atom. The third-order valence-electron chi connectivity index (χ3n) is 14.0. The van der Waals surface area contributed by atoms with Crippen LogP contribution in [-0.2, 0) is 6.42 Å². The zero-order chi connectivity index (χ0) is 52.0. The highest BCUT2D eigenvalue weighted by Gasteiger charge is 2.17. The molecule has 3 heteroatoms. The van der Waals surface area contributed by atoms with E-state index in [1.165, 1.54) is 50.2 Å². The maximum atomic E-state index is 2.34. The number of hydrogen-bond acceptors (Lipinski definition) is 3. The lowest BCUT2D eigenvalue weighted by Crippen LogP contribution is -2.16. The summed E-state index contributed by atoms with van der Waals surface area (Å²) in [6.45, 7) is 2.12. The second kappa shape index (κ2) is 24.1. The summed E-state index contributed by atoms with van der Waals surface area (Å²) < 4.78 is 0. The topological polar surface area (TPSA) is 9.72 Å². The molecule has 0 aromatic heterocycles. The molecule has 0 unspecified atom stereocenters. The van der Waals surface area contributed by atoms with E-state index in [4.69, 9.17) is 0 Å². The van der Waals surface area contributed by atoms with Gasteiger partial charge in [-0.3, -0.25) is 0 Å². The zero-order valence-electron chi connectivity index (χ0n) is 43.5. The first-order valence-electron chi connectivity index (χ1n) is 26.7. The van der Waals surface area contributed by atoms with Gasteiger partial charge >= 0.3 is 0 Å². The van der Waals surface area contributed by atoms with Gasteiger partial charge in [-0.15, -0.1) is 0 Å². The summed E-state index contributed by atoms with van der Waals surface area (Å²) in [5.41, 5.74) is 21.3. The van der Waals surface area contributed by atoms with Crippen LogP contribution >= 0.6 is 0 Å². The van der Waals surface area contributed by atoms with Crippen molar-refractivity contribution in [1.82, 2.24) is 0 Å². The van der Waals surface area contributed by atoms with Crippen LogP contribution in [0.15, 0.2) is 321 Å². The van der Waals surface area contributed by atoms with Crippen molar-refractivity contribution >= 4 is 45.5 Å². The molecule has 1 aliphatic rings. The molecule has 11 aromatic carbocycles. The van der Waals surface area contributed by atoms with Crippen molar-refractivity contribution in [2.24, 2.45) is 0 Å². The molecule has 0 amide bonds. The molecule has 11 aromatic rings. The van der Waals surface area contributed by atoms with E-state index < -0.39 is 0 Å².